The van der Waals surface area contributed by atoms with E-state index in [1.54, 1.807) is 6.20 Å². The minimum atomic E-state index is -0.236. The molecule has 178 valence electrons. The van der Waals surface area contributed by atoms with Gasteiger partial charge in [-0.15, -0.1) is 0 Å². The smallest absolute Gasteiger partial charge is 0.180 e. The molecule has 0 aliphatic carbocycles. The summed E-state index contributed by atoms with van der Waals surface area (Å²) in [6, 6.07) is 14.8. The number of aliphatic imine (C=N–C) groups is 1. The SMILES string of the molecule is FCCCN1CCN(c2ccc(Nc3nc(-c4ccc5c(c4)CN=C5)cn4ccnc34)cc2)CC1. The maximum absolute atomic E-state index is 12.5. The Morgan fingerprint density at radius 1 is 1.00 bits per heavy atom. The molecule has 2 aromatic heterocycles. The van der Waals surface area contributed by atoms with Gasteiger partial charge >= 0.3 is 0 Å². The van der Waals surface area contributed by atoms with Crippen LogP contribution in [0.3, 0.4) is 0 Å². The van der Waals surface area contributed by atoms with Crippen LogP contribution in [0.4, 0.5) is 21.6 Å². The van der Waals surface area contributed by atoms with E-state index >= 15 is 0 Å². The van der Waals surface area contributed by atoms with Crippen molar-refractivity contribution < 1.29 is 4.39 Å². The summed E-state index contributed by atoms with van der Waals surface area (Å²) < 4.78 is 14.5. The Morgan fingerprint density at radius 3 is 2.69 bits per heavy atom. The molecule has 8 heteroatoms. The lowest BCUT2D eigenvalue weighted by Crippen LogP contribution is -2.46. The molecule has 0 atom stereocenters. The van der Waals surface area contributed by atoms with E-state index in [9.17, 15) is 4.39 Å². The Labute approximate surface area is 204 Å². The largest absolute Gasteiger partial charge is 0.369 e. The van der Waals surface area contributed by atoms with Crippen molar-refractivity contribution in [2.45, 2.75) is 13.0 Å². The van der Waals surface area contributed by atoms with Crippen molar-refractivity contribution in [3.8, 4) is 11.3 Å². The number of hydrogen-bond acceptors (Lipinski definition) is 6. The number of nitrogens with zero attached hydrogens (tertiary/aromatic N) is 6. The Balaban J connectivity index is 1.20. The zero-order chi connectivity index (χ0) is 23.6. The Bertz CT molecular complexity index is 1350. The number of anilines is 3. The third kappa shape index (κ3) is 4.49. The number of alkyl halides is 1. The zero-order valence-electron chi connectivity index (χ0n) is 19.6. The molecule has 1 fully saturated rings. The molecular weight excluding hydrogens is 441 g/mol. The number of rotatable bonds is 7. The second kappa shape index (κ2) is 9.46. The molecule has 4 aromatic rings. The summed E-state index contributed by atoms with van der Waals surface area (Å²) in [4.78, 5) is 18.5. The minimum absolute atomic E-state index is 0.236. The van der Waals surface area contributed by atoms with Crippen molar-refractivity contribution in [2.24, 2.45) is 4.99 Å². The van der Waals surface area contributed by atoms with Gasteiger partial charge < -0.3 is 14.6 Å². The van der Waals surface area contributed by atoms with Gasteiger partial charge in [0, 0.05) is 74.5 Å². The monoisotopic (exact) mass is 469 g/mol. The Morgan fingerprint density at radius 2 is 1.86 bits per heavy atom. The summed E-state index contributed by atoms with van der Waals surface area (Å²) in [5, 5.41) is 3.47. The summed E-state index contributed by atoms with van der Waals surface area (Å²) in [6.07, 6.45) is 8.30. The second-order valence-electron chi connectivity index (χ2n) is 9.06. The first-order chi connectivity index (χ1) is 17.3. The standard InChI is InChI=1S/C27H28FN7/c28-8-1-10-33-12-14-34(15-13-33)24-6-4-23(5-7-24)31-26-27-30-9-11-35(27)19-25(32-26)20-2-3-21-17-29-18-22(21)16-20/h2-7,9,11,16-17,19H,1,8,10,12-15,18H2,(H,31,32). The van der Waals surface area contributed by atoms with Gasteiger partial charge in [-0.1, -0.05) is 12.1 Å². The van der Waals surface area contributed by atoms with Gasteiger partial charge in [-0.05, 0) is 47.9 Å². The van der Waals surface area contributed by atoms with Gasteiger partial charge in [0.2, 0.25) is 0 Å². The van der Waals surface area contributed by atoms with Crippen LogP contribution >= 0.6 is 0 Å². The van der Waals surface area contributed by atoms with Crippen LogP contribution < -0.4 is 10.2 Å². The fourth-order valence-corrected chi connectivity index (χ4v) is 4.83. The fourth-order valence-electron chi connectivity index (χ4n) is 4.83. The first kappa shape index (κ1) is 21.7. The van der Waals surface area contributed by atoms with Gasteiger partial charge in [0.1, 0.15) is 0 Å². The van der Waals surface area contributed by atoms with Gasteiger partial charge in [-0.3, -0.25) is 14.3 Å². The van der Waals surface area contributed by atoms with Crippen molar-refractivity contribution in [3.05, 3.63) is 72.2 Å². The quantitative estimate of drug-likeness (QED) is 0.430. The number of halogens is 1. The van der Waals surface area contributed by atoms with Crippen LogP contribution in [0.15, 0.2) is 66.0 Å². The molecule has 35 heavy (non-hydrogen) atoms. The van der Waals surface area contributed by atoms with Gasteiger partial charge in [0.25, 0.3) is 0 Å². The van der Waals surface area contributed by atoms with Crippen molar-refractivity contribution >= 4 is 29.1 Å². The molecule has 0 saturated carbocycles. The molecular formula is C27H28FN7. The normalized spacial score (nSPS) is 15.6. The third-order valence-corrected chi connectivity index (χ3v) is 6.78. The molecule has 0 bridgehead atoms. The van der Waals surface area contributed by atoms with E-state index in [4.69, 9.17) is 4.98 Å². The zero-order valence-corrected chi connectivity index (χ0v) is 19.6. The number of imidazole rings is 1. The highest BCUT2D eigenvalue weighted by atomic mass is 19.1. The van der Waals surface area contributed by atoms with Crippen LogP contribution in [0.25, 0.3) is 16.9 Å². The number of nitrogens with one attached hydrogen (secondary N) is 1. The fraction of sp³-hybridized carbons (Fsp3) is 0.296. The molecule has 1 N–H and O–H groups in total. The van der Waals surface area contributed by atoms with E-state index in [1.807, 2.05) is 23.0 Å². The van der Waals surface area contributed by atoms with E-state index in [0.717, 1.165) is 67.7 Å². The molecule has 0 radical (unpaired) electrons. The first-order valence-corrected chi connectivity index (χ1v) is 12.1. The van der Waals surface area contributed by atoms with Crippen LogP contribution in [0, 0.1) is 0 Å². The van der Waals surface area contributed by atoms with Crippen molar-refractivity contribution in [1.29, 1.82) is 0 Å². The van der Waals surface area contributed by atoms with Crippen molar-refractivity contribution in [1.82, 2.24) is 19.3 Å². The lowest BCUT2D eigenvalue weighted by molar-refractivity contribution is 0.245. The van der Waals surface area contributed by atoms with Gasteiger partial charge in [-0.25, -0.2) is 9.97 Å². The summed E-state index contributed by atoms with van der Waals surface area (Å²) in [5.74, 6) is 0.721. The molecule has 0 spiro atoms. The summed E-state index contributed by atoms with van der Waals surface area (Å²) in [7, 11) is 0. The molecule has 4 heterocycles. The maximum atomic E-state index is 12.5. The lowest BCUT2D eigenvalue weighted by atomic mass is 10.0. The van der Waals surface area contributed by atoms with Crippen LogP contribution in [0.5, 0.6) is 0 Å². The molecule has 2 aliphatic heterocycles. The van der Waals surface area contributed by atoms with E-state index < -0.39 is 0 Å². The number of hydrogen-bond donors (Lipinski definition) is 1. The topological polar surface area (TPSA) is 61.1 Å². The highest BCUT2D eigenvalue weighted by molar-refractivity contribution is 5.86. The van der Waals surface area contributed by atoms with Crippen molar-refractivity contribution in [2.75, 3.05) is 49.6 Å². The first-order valence-electron chi connectivity index (χ1n) is 12.1. The van der Waals surface area contributed by atoms with Crippen LogP contribution in [-0.2, 0) is 6.54 Å². The van der Waals surface area contributed by atoms with E-state index in [1.165, 1.54) is 16.8 Å². The average molecular weight is 470 g/mol. The highest BCUT2D eigenvalue weighted by Gasteiger charge is 2.17. The number of piperazine rings is 1. The van der Waals surface area contributed by atoms with Gasteiger partial charge in [0.05, 0.1) is 18.9 Å². The molecule has 2 aromatic carbocycles. The van der Waals surface area contributed by atoms with Crippen LogP contribution in [0.2, 0.25) is 0 Å². The summed E-state index contributed by atoms with van der Waals surface area (Å²) >= 11 is 0. The average Bonchev–Trinajstić information content (AvgIpc) is 3.57. The molecule has 7 nitrogen and oxygen atoms in total. The number of benzene rings is 2. The number of aromatic nitrogens is 3. The summed E-state index contributed by atoms with van der Waals surface area (Å²) in [5.41, 5.74) is 7.30. The van der Waals surface area contributed by atoms with E-state index in [2.05, 4.69) is 67.6 Å². The lowest BCUT2D eigenvalue weighted by Gasteiger charge is -2.36. The van der Waals surface area contributed by atoms with Crippen LogP contribution in [-0.4, -0.2) is 64.9 Å². The van der Waals surface area contributed by atoms with Crippen molar-refractivity contribution in [3.63, 3.8) is 0 Å². The van der Waals surface area contributed by atoms with E-state index in [0.29, 0.717) is 6.42 Å². The highest BCUT2D eigenvalue weighted by Crippen LogP contribution is 2.28. The van der Waals surface area contributed by atoms with Crippen LogP contribution in [0.1, 0.15) is 17.5 Å². The molecule has 0 amide bonds. The maximum Gasteiger partial charge on any atom is 0.180 e. The minimum Gasteiger partial charge on any atom is -0.369 e. The summed E-state index contributed by atoms with van der Waals surface area (Å²) in [6.45, 7) is 5.21. The number of fused-ring (bicyclic) bond motifs is 2. The predicted molar refractivity (Wildman–Crippen MR) is 139 cm³/mol. The van der Waals surface area contributed by atoms with E-state index in [-0.39, 0.29) is 6.67 Å². The third-order valence-electron chi connectivity index (χ3n) is 6.78. The van der Waals surface area contributed by atoms with Gasteiger partial charge in [-0.2, -0.15) is 0 Å². The molecule has 1 saturated heterocycles. The Hall–Kier alpha value is -3.78. The predicted octanol–water partition coefficient (Wildman–Crippen LogP) is 4.55. The van der Waals surface area contributed by atoms with Gasteiger partial charge in [0.15, 0.2) is 11.5 Å². The molecule has 0 unspecified atom stereocenters. The Kier molecular flexibility index (Phi) is 5.88. The molecule has 2 aliphatic rings. The second-order valence-corrected chi connectivity index (χ2v) is 9.06. The molecule has 6 rings (SSSR count).